The largest absolute Gasteiger partial charge is 0.495 e. The zero-order valence-corrected chi connectivity index (χ0v) is 25.3. The average molecular weight is 606 g/mol. The maximum atomic E-state index is 13.9. The molecule has 1 aliphatic heterocycles. The van der Waals surface area contributed by atoms with Gasteiger partial charge in [0.2, 0.25) is 5.95 Å². The first-order valence-corrected chi connectivity index (χ1v) is 15.2. The van der Waals surface area contributed by atoms with Crippen molar-refractivity contribution < 1.29 is 22.1 Å². The van der Waals surface area contributed by atoms with Crippen molar-refractivity contribution in [3.63, 3.8) is 0 Å². The van der Waals surface area contributed by atoms with Crippen LogP contribution in [0.15, 0.2) is 42.6 Å². The number of nitrogens with one attached hydrogen (secondary N) is 3. The number of hydrogen-bond acceptors (Lipinski definition) is 8. The number of nitrogens with zero attached hydrogens (tertiary/aromatic N) is 4. The van der Waals surface area contributed by atoms with Crippen LogP contribution in [-0.4, -0.2) is 65.7 Å². The van der Waals surface area contributed by atoms with Gasteiger partial charge in [0, 0.05) is 38.6 Å². The second-order valence-corrected chi connectivity index (χ2v) is 11.9. The van der Waals surface area contributed by atoms with Gasteiger partial charge in [-0.2, -0.15) is 18.2 Å². The number of aromatic nitrogens is 2. The SMILES string of the molecule is COc1cc(CNC2CCN(C)CC2)ccc1Nc1ncc(C(F)(F)F)c(NCc2ccc(C)cc2N(C)S(C)=O)n1. The fraction of sp³-hybridized carbons (Fsp3) is 0.448. The fourth-order valence-corrected chi connectivity index (χ4v) is 5.21. The van der Waals surface area contributed by atoms with Crippen molar-refractivity contribution in [1.29, 1.82) is 0 Å². The van der Waals surface area contributed by atoms with Gasteiger partial charge in [-0.3, -0.25) is 4.31 Å². The smallest absolute Gasteiger partial charge is 0.421 e. The van der Waals surface area contributed by atoms with Crippen LogP contribution >= 0.6 is 0 Å². The van der Waals surface area contributed by atoms with Crippen LogP contribution in [0.2, 0.25) is 0 Å². The van der Waals surface area contributed by atoms with Gasteiger partial charge in [-0.15, -0.1) is 0 Å². The van der Waals surface area contributed by atoms with Crippen molar-refractivity contribution >= 4 is 34.1 Å². The lowest BCUT2D eigenvalue weighted by atomic mass is 10.0. The number of alkyl halides is 3. The predicted octanol–water partition coefficient (Wildman–Crippen LogP) is 5.08. The number of likely N-dealkylation sites (tertiary alicyclic amines) is 1. The van der Waals surface area contributed by atoms with E-state index in [9.17, 15) is 17.4 Å². The van der Waals surface area contributed by atoms with E-state index in [2.05, 4.69) is 37.9 Å². The minimum Gasteiger partial charge on any atom is -0.495 e. The van der Waals surface area contributed by atoms with Gasteiger partial charge in [0.1, 0.15) is 28.1 Å². The second-order valence-electron chi connectivity index (χ2n) is 10.5. The summed E-state index contributed by atoms with van der Waals surface area (Å²) in [6.45, 7) is 4.73. The summed E-state index contributed by atoms with van der Waals surface area (Å²) in [4.78, 5) is 10.4. The Labute approximate surface area is 247 Å². The lowest BCUT2D eigenvalue weighted by Crippen LogP contribution is -2.40. The van der Waals surface area contributed by atoms with Crippen molar-refractivity contribution in [2.45, 2.75) is 45.1 Å². The Morgan fingerprint density at radius 1 is 1.14 bits per heavy atom. The number of hydrogen-bond donors (Lipinski definition) is 3. The third-order valence-electron chi connectivity index (χ3n) is 7.33. The van der Waals surface area contributed by atoms with Gasteiger partial charge >= 0.3 is 6.18 Å². The molecule has 1 saturated heterocycles. The van der Waals surface area contributed by atoms with Crippen molar-refractivity contribution in [3.8, 4) is 5.75 Å². The first-order chi connectivity index (χ1) is 19.9. The Morgan fingerprint density at radius 2 is 1.88 bits per heavy atom. The molecule has 0 bridgehead atoms. The number of rotatable bonds is 11. The Kier molecular flexibility index (Phi) is 10.3. The number of halogens is 3. The van der Waals surface area contributed by atoms with E-state index < -0.39 is 22.7 Å². The van der Waals surface area contributed by atoms with Crippen LogP contribution in [0, 0.1) is 6.92 Å². The number of anilines is 4. The molecule has 2 heterocycles. The summed E-state index contributed by atoms with van der Waals surface area (Å²) >= 11 is 0. The molecule has 0 spiro atoms. The summed E-state index contributed by atoms with van der Waals surface area (Å²) in [6, 6.07) is 11.6. The molecular formula is C29H38F3N7O2S. The van der Waals surface area contributed by atoms with Crippen molar-refractivity contribution in [3.05, 3.63) is 64.8 Å². The van der Waals surface area contributed by atoms with Crippen LogP contribution in [-0.2, 0) is 30.3 Å². The first kappa shape index (κ1) is 31.5. The summed E-state index contributed by atoms with van der Waals surface area (Å²) in [5, 5.41) is 9.42. The topological polar surface area (TPSA) is 94.6 Å². The van der Waals surface area contributed by atoms with Gasteiger partial charge < -0.3 is 25.6 Å². The van der Waals surface area contributed by atoms with E-state index in [-0.39, 0.29) is 18.3 Å². The Morgan fingerprint density at radius 3 is 2.55 bits per heavy atom. The van der Waals surface area contributed by atoms with Gasteiger partial charge in [0.25, 0.3) is 0 Å². The third kappa shape index (κ3) is 8.11. The minimum absolute atomic E-state index is 0.0168. The summed E-state index contributed by atoms with van der Waals surface area (Å²) in [6.07, 6.45) is -0.188. The van der Waals surface area contributed by atoms with Gasteiger partial charge in [-0.1, -0.05) is 18.2 Å². The zero-order valence-electron chi connectivity index (χ0n) is 24.5. The first-order valence-electron chi connectivity index (χ1n) is 13.7. The maximum absolute atomic E-state index is 13.9. The van der Waals surface area contributed by atoms with Crippen LogP contribution in [0.1, 0.15) is 35.1 Å². The van der Waals surface area contributed by atoms with Crippen LogP contribution in [0.4, 0.5) is 36.3 Å². The predicted molar refractivity (Wildman–Crippen MR) is 162 cm³/mol. The summed E-state index contributed by atoms with van der Waals surface area (Å²) in [5.41, 5.74) is 2.83. The van der Waals surface area contributed by atoms with Crippen LogP contribution in [0.25, 0.3) is 0 Å². The quantitative estimate of drug-likeness (QED) is 0.279. The molecule has 1 unspecified atom stereocenters. The standard InChI is InChI=1S/C29H38F3N7O2S/c1-19-6-8-21(25(14-19)39(3)42(5)40)17-34-27-23(29(30,31)32)18-35-28(37-27)36-24-9-7-20(15-26(24)41-4)16-33-22-10-12-38(2)13-11-22/h6-9,14-15,18,22,33H,10-13,16-17H2,1-5H3,(H2,34,35,36,37). The molecule has 9 nitrogen and oxygen atoms in total. The average Bonchev–Trinajstić information content (AvgIpc) is 2.95. The lowest BCUT2D eigenvalue weighted by molar-refractivity contribution is -0.137. The number of aryl methyl sites for hydroxylation is 1. The Hall–Kier alpha value is -3.42. The molecule has 228 valence electrons. The summed E-state index contributed by atoms with van der Waals surface area (Å²) in [5.74, 6) is 0.136. The normalized spacial score (nSPS) is 15.3. The molecule has 0 amide bonds. The maximum Gasteiger partial charge on any atom is 0.421 e. The monoisotopic (exact) mass is 605 g/mol. The Balaban J connectivity index is 1.52. The highest BCUT2D eigenvalue weighted by Crippen LogP contribution is 2.35. The molecule has 2 aromatic carbocycles. The van der Waals surface area contributed by atoms with Crippen molar-refractivity contribution in [2.75, 3.05) is 55.5 Å². The van der Waals surface area contributed by atoms with E-state index in [1.54, 1.807) is 23.5 Å². The number of ether oxygens (including phenoxy) is 1. The molecule has 42 heavy (non-hydrogen) atoms. The molecule has 0 radical (unpaired) electrons. The third-order valence-corrected chi connectivity index (χ3v) is 8.30. The lowest BCUT2D eigenvalue weighted by Gasteiger charge is -2.29. The molecule has 1 aliphatic rings. The molecule has 4 rings (SSSR count). The summed E-state index contributed by atoms with van der Waals surface area (Å²) < 4.78 is 60.9. The van der Waals surface area contributed by atoms with Crippen LogP contribution in [0.5, 0.6) is 5.75 Å². The molecule has 1 aromatic heterocycles. The van der Waals surface area contributed by atoms with Gasteiger partial charge in [-0.05, 0) is 74.8 Å². The molecular weight excluding hydrogens is 567 g/mol. The van der Waals surface area contributed by atoms with E-state index in [1.165, 1.54) is 13.4 Å². The van der Waals surface area contributed by atoms with E-state index >= 15 is 0 Å². The zero-order chi connectivity index (χ0) is 30.4. The molecule has 1 fully saturated rings. The minimum atomic E-state index is -4.67. The van der Waals surface area contributed by atoms with Crippen LogP contribution < -0.4 is 25.0 Å². The highest BCUT2D eigenvalue weighted by Gasteiger charge is 2.35. The van der Waals surface area contributed by atoms with E-state index in [0.717, 1.165) is 43.3 Å². The van der Waals surface area contributed by atoms with Crippen molar-refractivity contribution in [1.82, 2.24) is 20.2 Å². The number of benzene rings is 2. The molecule has 13 heteroatoms. The van der Waals surface area contributed by atoms with E-state index in [0.29, 0.717) is 35.3 Å². The number of methoxy groups -OCH3 is 1. The Bertz CT molecular complexity index is 1400. The molecule has 0 saturated carbocycles. The molecule has 1 atom stereocenters. The van der Waals surface area contributed by atoms with Crippen LogP contribution in [0.3, 0.4) is 0 Å². The molecule has 3 N–H and O–H groups in total. The molecule has 3 aromatic rings. The van der Waals surface area contributed by atoms with Gasteiger partial charge in [0.15, 0.2) is 0 Å². The second kappa shape index (κ2) is 13.7. The van der Waals surface area contributed by atoms with Gasteiger partial charge in [0.05, 0.1) is 18.5 Å². The van der Waals surface area contributed by atoms with E-state index in [1.807, 2.05) is 31.2 Å². The van der Waals surface area contributed by atoms with Gasteiger partial charge in [-0.25, -0.2) is 9.19 Å². The fourth-order valence-electron chi connectivity index (χ4n) is 4.76. The van der Waals surface area contributed by atoms with Crippen molar-refractivity contribution in [2.24, 2.45) is 0 Å². The highest BCUT2D eigenvalue weighted by molar-refractivity contribution is 7.85. The highest BCUT2D eigenvalue weighted by atomic mass is 32.2. The molecule has 0 aliphatic carbocycles. The number of piperidine rings is 1. The van der Waals surface area contributed by atoms with E-state index in [4.69, 9.17) is 4.74 Å². The summed E-state index contributed by atoms with van der Waals surface area (Å²) in [7, 11) is 4.03.